The Kier molecular flexibility index (Phi) is 4.32. The maximum atomic E-state index is 13.1. The van der Waals surface area contributed by atoms with Gasteiger partial charge in [-0.25, -0.2) is 9.18 Å². The van der Waals surface area contributed by atoms with Crippen molar-refractivity contribution < 1.29 is 14.0 Å². The predicted octanol–water partition coefficient (Wildman–Crippen LogP) is 2.70. The van der Waals surface area contributed by atoms with Gasteiger partial charge in [0, 0.05) is 31.7 Å². The third-order valence-electron chi connectivity index (χ3n) is 5.01. The van der Waals surface area contributed by atoms with Gasteiger partial charge in [-0.3, -0.25) is 4.79 Å². The van der Waals surface area contributed by atoms with Gasteiger partial charge in [-0.05, 0) is 41.8 Å². The second-order valence-corrected chi connectivity index (χ2v) is 6.77. The standard InChI is InChI=1S/C20H20FN3O2/c21-16-5-7-18(8-6-16)24-13-17(11-19(24)25)22-20(26)23-10-9-14-3-1-2-4-15(14)12-23/h1-8,17H,9-13H2,(H,22,26)/t17-/m1/s1. The van der Waals surface area contributed by atoms with Gasteiger partial charge in [0.05, 0.1) is 6.04 Å². The third-order valence-corrected chi connectivity index (χ3v) is 5.01. The summed E-state index contributed by atoms with van der Waals surface area (Å²) in [6.45, 7) is 1.66. The Labute approximate surface area is 151 Å². The molecule has 0 bridgehead atoms. The van der Waals surface area contributed by atoms with E-state index in [-0.39, 0.29) is 30.2 Å². The van der Waals surface area contributed by atoms with E-state index >= 15 is 0 Å². The first-order chi connectivity index (χ1) is 12.6. The van der Waals surface area contributed by atoms with E-state index in [1.807, 2.05) is 18.2 Å². The van der Waals surface area contributed by atoms with Crippen LogP contribution in [0.2, 0.25) is 0 Å². The molecular formula is C20H20FN3O2. The van der Waals surface area contributed by atoms with Crippen molar-refractivity contribution in [3.8, 4) is 0 Å². The molecule has 0 aromatic heterocycles. The zero-order chi connectivity index (χ0) is 18.1. The lowest BCUT2D eigenvalue weighted by Crippen LogP contribution is -2.47. The Morgan fingerprint density at radius 2 is 1.81 bits per heavy atom. The number of hydrogen-bond donors (Lipinski definition) is 1. The molecule has 1 saturated heterocycles. The van der Waals surface area contributed by atoms with Crippen LogP contribution in [0, 0.1) is 5.82 Å². The van der Waals surface area contributed by atoms with Crippen molar-refractivity contribution in [1.82, 2.24) is 10.2 Å². The number of amides is 3. The van der Waals surface area contributed by atoms with Crippen LogP contribution in [0.3, 0.4) is 0 Å². The average Bonchev–Trinajstić information content (AvgIpc) is 3.02. The second kappa shape index (κ2) is 6.78. The summed E-state index contributed by atoms with van der Waals surface area (Å²) >= 11 is 0. The molecule has 1 atom stereocenters. The highest BCUT2D eigenvalue weighted by Crippen LogP contribution is 2.23. The Morgan fingerprint density at radius 1 is 1.08 bits per heavy atom. The predicted molar refractivity (Wildman–Crippen MR) is 96.2 cm³/mol. The first kappa shape index (κ1) is 16.6. The minimum Gasteiger partial charge on any atom is -0.333 e. The lowest BCUT2D eigenvalue weighted by molar-refractivity contribution is -0.117. The number of anilines is 1. The van der Waals surface area contributed by atoms with Gasteiger partial charge in [0.2, 0.25) is 5.91 Å². The van der Waals surface area contributed by atoms with E-state index in [0.717, 1.165) is 6.42 Å². The molecule has 0 radical (unpaired) electrons. The van der Waals surface area contributed by atoms with Crippen molar-refractivity contribution in [3.05, 3.63) is 65.5 Å². The molecule has 0 unspecified atom stereocenters. The van der Waals surface area contributed by atoms with Crippen LogP contribution in [0.5, 0.6) is 0 Å². The van der Waals surface area contributed by atoms with Crippen molar-refractivity contribution >= 4 is 17.6 Å². The van der Waals surface area contributed by atoms with Crippen molar-refractivity contribution in [3.63, 3.8) is 0 Å². The summed E-state index contributed by atoms with van der Waals surface area (Å²) in [7, 11) is 0. The van der Waals surface area contributed by atoms with Crippen LogP contribution in [0.4, 0.5) is 14.9 Å². The Morgan fingerprint density at radius 3 is 2.58 bits per heavy atom. The molecular weight excluding hydrogens is 333 g/mol. The van der Waals surface area contributed by atoms with E-state index in [0.29, 0.717) is 25.3 Å². The Balaban J connectivity index is 1.38. The molecule has 0 spiro atoms. The zero-order valence-corrected chi connectivity index (χ0v) is 14.3. The molecule has 2 aliphatic heterocycles. The second-order valence-electron chi connectivity index (χ2n) is 6.77. The SMILES string of the molecule is O=C(N[C@@H]1CC(=O)N(c2ccc(F)cc2)C1)N1CCc2ccccc2C1. The smallest absolute Gasteiger partial charge is 0.318 e. The van der Waals surface area contributed by atoms with Crippen LogP contribution >= 0.6 is 0 Å². The van der Waals surface area contributed by atoms with Crippen LogP contribution < -0.4 is 10.2 Å². The molecule has 1 N–H and O–H groups in total. The molecule has 2 heterocycles. The molecule has 0 aliphatic carbocycles. The fraction of sp³-hybridized carbons (Fsp3) is 0.300. The fourth-order valence-corrected chi connectivity index (χ4v) is 3.61. The maximum Gasteiger partial charge on any atom is 0.318 e. The molecule has 1 fully saturated rings. The highest BCUT2D eigenvalue weighted by atomic mass is 19.1. The van der Waals surface area contributed by atoms with Gasteiger partial charge in [0.1, 0.15) is 5.82 Å². The van der Waals surface area contributed by atoms with Crippen molar-refractivity contribution in [2.45, 2.75) is 25.4 Å². The van der Waals surface area contributed by atoms with Crippen LogP contribution in [-0.2, 0) is 17.8 Å². The van der Waals surface area contributed by atoms with Gasteiger partial charge in [-0.1, -0.05) is 24.3 Å². The van der Waals surface area contributed by atoms with Gasteiger partial charge in [0.25, 0.3) is 0 Å². The van der Waals surface area contributed by atoms with E-state index < -0.39 is 0 Å². The van der Waals surface area contributed by atoms with Gasteiger partial charge in [0.15, 0.2) is 0 Å². The van der Waals surface area contributed by atoms with E-state index in [4.69, 9.17) is 0 Å². The number of rotatable bonds is 2. The number of fused-ring (bicyclic) bond motifs is 1. The van der Waals surface area contributed by atoms with Crippen molar-refractivity contribution in [2.24, 2.45) is 0 Å². The van der Waals surface area contributed by atoms with Gasteiger partial charge >= 0.3 is 6.03 Å². The van der Waals surface area contributed by atoms with Crippen molar-refractivity contribution in [1.29, 1.82) is 0 Å². The summed E-state index contributed by atoms with van der Waals surface area (Å²) in [6, 6.07) is 13.6. The highest BCUT2D eigenvalue weighted by Gasteiger charge is 2.33. The third kappa shape index (κ3) is 3.27. The zero-order valence-electron chi connectivity index (χ0n) is 14.3. The molecule has 6 heteroatoms. The molecule has 134 valence electrons. The highest BCUT2D eigenvalue weighted by molar-refractivity contribution is 5.96. The molecule has 4 rings (SSSR count). The normalized spacial score (nSPS) is 19.4. The summed E-state index contributed by atoms with van der Waals surface area (Å²) in [6.07, 6.45) is 1.10. The monoisotopic (exact) mass is 353 g/mol. The number of hydrogen-bond acceptors (Lipinski definition) is 2. The number of urea groups is 1. The van der Waals surface area contributed by atoms with E-state index in [1.165, 1.54) is 23.3 Å². The van der Waals surface area contributed by atoms with Gasteiger partial charge in [-0.2, -0.15) is 0 Å². The molecule has 2 aromatic carbocycles. The summed E-state index contributed by atoms with van der Waals surface area (Å²) in [5.74, 6) is -0.401. The van der Waals surface area contributed by atoms with E-state index in [2.05, 4.69) is 11.4 Å². The lowest BCUT2D eigenvalue weighted by atomic mass is 10.0. The number of benzene rings is 2. The van der Waals surface area contributed by atoms with Crippen LogP contribution in [0.25, 0.3) is 0 Å². The van der Waals surface area contributed by atoms with Gasteiger partial charge in [-0.15, -0.1) is 0 Å². The summed E-state index contributed by atoms with van der Waals surface area (Å²) in [5.41, 5.74) is 3.11. The minimum atomic E-state index is -0.337. The summed E-state index contributed by atoms with van der Waals surface area (Å²) in [5, 5.41) is 2.97. The van der Waals surface area contributed by atoms with Crippen molar-refractivity contribution in [2.75, 3.05) is 18.0 Å². The number of carbonyl (C=O) groups excluding carboxylic acids is 2. The summed E-state index contributed by atoms with van der Waals surface area (Å²) in [4.78, 5) is 28.2. The number of nitrogens with zero attached hydrogens (tertiary/aromatic N) is 2. The van der Waals surface area contributed by atoms with E-state index in [1.54, 1.807) is 21.9 Å². The molecule has 2 aromatic rings. The number of halogens is 1. The molecule has 5 nitrogen and oxygen atoms in total. The first-order valence-electron chi connectivity index (χ1n) is 8.78. The van der Waals surface area contributed by atoms with Crippen LogP contribution in [-0.4, -0.2) is 36.0 Å². The molecule has 0 saturated carbocycles. The quantitative estimate of drug-likeness (QED) is 0.903. The maximum absolute atomic E-state index is 13.1. The van der Waals surface area contributed by atoms with Crippen LogP contribution in [0.15, 0.2) is 48.5 Å². The van der Waals surface area contributed by atoms with Gasteiger partial charge < -0.3 is 15.1 Å². The Bertz CT molecular complexity index is 837. The number of nitrogens with one attached hydrogen (secondary N) is 1. The largest absolute Gasteiger partial charge is 0.333 e. The lowest BCUT2D eigenvalue weighted by Gasteiger charge is -2.30. The topological polar surface area (TPSA) is 52.7 Å². The first-order valence-corrected chi connectivity index (χ1v) is 8.78. The summed E-state index contributed by atoms with van der Waals surface area (Å²) < 4.78 is 13.1. The molecule has 3 amide bonds. The fourth-order valence-electron chi connectivity index (χ4n) is 3.61. The average molecular weight is 353 g/mol. The van der Waals surface area contributed by atoms with Crippen LogP contribution in [0.1, 0.15) is 17.5 Å². The molecule has 2 aliphatic rings. The Hall–Kier alpha value is -2.89. The molecule has 26 heavy (non-hydrogen) atoms. The van der Waals surface area contributed by atoms with E-state index in [9.17, 15) is 14.0 Å². The minimum absolute atomic E-state index is 0.0640. The number of carbonyl (C=O) groups is 2.